The molecule has 0 nitrogen and oxygen atoms in total. The lowest BCUT2D eigenvalue weighted by Gasteiger charge is -2.20. The topological polar surface area (TPSA) is 0 Å². The van der Waals surface area contributed by atoms with Gasteiger partial charge in [-0.3, -0.25) is 0 Å². The van der Waals surface area contributed by atoms with E-state index in [9.17, 15) is 0 Å². The molecule has 2 atom stereocenters. The van der Waals surface area contributed by atoms with Crippen LogP contribution in [0.15, 0.2) is 0 Å². The van der Waals surface area contributed by atoms with Crippen molar-refractivity contribution in [2.45, 2.75) is 124 Å². The third-order valence-corrected chi connectivity index (χ3v) is 4.95. The fourth-order valence-electron chi connectivity index (χ4n) is 3.53. The van der Waals surface area contributed by atoms with Crippen molar-refractivity contribution in [1.29, 1.82) is 0 Å². The van der Waals surface area contributed by atoms with E-state index < -0.39 is 0 Å². The Bertz CT molecular complexity index is 196. The van der Waals surface area contributed by atoms with Crippen LogP contribution in [0.1, 0.15) is 124 Å². The SMILES string of the molecule is CCCCCCCCC([CH]C(C)CCCCCCC)CCC. The molecular weight excluding hydrogens is 264 g/mol. The van der Waals surface area contributed by atoms with E-state index in [0.29, 0.717) is 0 Å². The standard InChI is InChI=1S/C22H45/c1-5-8-10-12-14-16-19-22(17-7-3)20-21(4)18-15-13-11-9-6-2/h20-22H,5-19H2,1-4H3. The van der Waals surface area contributed by atoms with Crippen LogP contribution in [0, 0.1) is 18.3 Å². The Morgan fingerprint density at radius 2 is 1.05 bits per heavy atom. The van der Waals surface area contributed by atoms with Gasteiger partial charge >= 0.3 is 0 Å². The van der Waals surface area contributed by atoms with Crippen molar-refractivity contribution in [3.63, 3.8) is 0 Å². The highest BCUT2D eigenvalue weighted by molar-refractivity contribution is 4.81. The highest BCUT2D eigenvalue weighted by Gasteiger charge is 2.12. The van der Waals surface area contributed by atoms with Gasteiger partial charge < -0.3 is 0 Å². The van der Waals surface area contributed by atoms with Gasteiger partial charge in [0.1, 0.15) is 0 Å². The van der Waals surface area contributed by atoms with Crippen molar-refractivity contribution in [3.05, 3.63) is 6.42 Å². The van der Waals surface area contributed by atoms with Crippen LogP contribution in [0.5, 0.6) is 0 Å². The van der Waals surface area contributed by atoms with Crippen molar-refractivity contribution in [3.8, 4) is 0 Å². The van der Waals surface area contributed by atoms with E-state index in [2.05, 4.69) is 34.1 Å². The third-order valence-electron chi connectivity index (χ3n) is 4.95. The van der Waals surface area contributed by atoms with E-state index in [-0.39, 0.29) is 0 Å². The first-order valence-electron chi connectivity index (χ1n) is 10.6. The Morgan fingerprint density at radius 3 is 1.59 bits per heavy atom. The van der Waals surface area contributed by atoms with E-state index in [1.54, 1.807) is 0 Å². The zero-order valence-electron chi connectivity index (χ0n) is 16.3. The first kappa shape index (κ1) is 22.0. The third kappa shape index (κ3) is 14.9. The number of unbranched alkanes of at least 4 members (excludes halogenated alkanes) is 9. The van der Waals surface area contributed by atoms with Crippen molar-refractivity contribution in [2.75, 3.05) is 0 Å². The molecule has 0 N–H and O–H groups in total. The zero-order chi connectivity index (χ0) is 16.5. The van der Waals surface area contributed by atoms with Crippen LogP contribution >= 0.6 is 0 Å². The predicted octanol–water partition coefficient (Wildman–Crippen LogP) is 8.35. The number of rotatable bonds is 17. The predicted molar refractivity (Wildman–Crippen MR) is 103 cm³/mol. The Morgan fingerprint density at radius 1 is 0.545 bits per heavy atom. The largest absolute Gasteiger partial charge is 0.0654 e. The lowest BCUT2D eigenvalue weighted by molar-refractivity contribution is 0.408. The van der Waals surface area contributed by atoms with Crippen LogP contribution in [0.4, 0.5) is 0 Å². The van der Waals surface area contributed by atoms with Gasteiger partial charge in [0.25, 0.3) is 0 Å². The smallest absolute Gasteiger partial charge is 0.0326 e. The fraction of sp³-hybridized carbons (Fsp3) is 0.955. The van der Waals surface area contributed by atoms with Crippen molar-refractivity contribution in [2.24, 2.45) is 11.8 Å². The molecule has 0 aromatic carbocycles. The minimum Gasteiger partial charge on any atom is -0.0654 e. The summed E-state index contributed by atoms with van der Waals surface area (Å²) < 4.78 is 0. The molecule has 0 saturated heterocycles. The van der Waals surface area contributed by atoms with Crippen LogP contribution < -0.4 is 0 Å². The first-order chi connectivity index (χ1) is 10.7. The molecule has 1 radical (unpaired) electrons. The van der Waals surface area contributed by atoms with E-state index in [0.717, 1.165) is 11.8 Å². The van der Waals surface area contributed by atoms with Gasteiger partial charge in [0.05, 0.1) is 0 Å². The summed E-state index contributed by atoms with van der Waals surface area (Å²) in [6.45, 7) is 9.39. The Hall–Kier alpha value is 0. The summed E-state index contributed by atoms with van der Waals surface area (Å²) in [7, 11) is 0. The summed E-state index contributed by atoms with van der Waals surface area (Å²) in [6, 6.07) is 0. The Kier molecular flexibility index (Phi) is 17.4. The molecule has 0 rings (SSSR count). The molecule has 0 saturated carbocycles. The summed E-state index contributed by atoms with van der Waals surface area (Å²) >= 11 is 0. The maximum atomic E-state index is 2.70. The van der Waals surface area contributed by atoms with Gasteiger partial charge in [-0.2, -0.15) is 0 Å². The second kappa shape index (κ2) is 17.4. The zero-order valence-corrected chi connectivity index (χ0v) is 16.3. The Labute approximate surface area is 142 Å². The second-order valence-electron chi connectivity index (χ2n) is 7.48. The second-order valence-corrected chi connectivity index (χ2v) is 7.48. The van der Waals surface area contributed by atoms with Crippen molar-refractivity contribution >= 4 is 0 Å². The molecule has 0 aliphatic carbocycles. The normalized spacial score (nSPS) is 14.2. The van der Waals surface area contributed by atoms with E-state index in [4.69, 9.17) is 0 Å². The molecule has 0 bridgehead atoms. The molecule has 0 spiro atoms. The van der Waals surface area contributed by atoms with Crippen LogP contribution in [-0.4, -0.2) is 0 Å². The van der Waals surface area contributed by atoms with Gasteiger partial charge in [-0.15, -0.1) is 0 Å². The van der Waals surface area contributed by atoms with E-state index in [1.165, 1.54) is 96.3 Å². The molecule has 133 valence electrons. The van der Waals surface area contributed by atoms with Gasteiger partial charge in [-0.05, 0) is 18.3 Å². The average Bonchev–Trinajstić information content (AvgIpc) is 2.50. The molecule has 0 aliphatic heterocycles. The van der Waals surface area contributed by atoms with Gasteiger partial charge in [-0.25, -0.2) is 0 Å². The van der Waals surface area contributed by atoms with Gasteiger partial charge in [0, 0.05) is 0 Å². The molecule has 0 fully saturated rings. The van der Waals surface area contributed by atoms with Crippen molar-refractivity contribution in [1.82, 2.24) is 0 Å². The van der Waals surface area contributed by atoms with Gasteiger partial charge in [-0.1, -0.05) is 124 Å². The van der Waals surface area contributed by atoms with E-state index in [1.807, 2.05) is 0 Å². The van der Waals surface area contributed by atoms with Gasteiger partial charge in [0.2, 0.25) is 0 Å². The molecule has 0 aliphatic rings. The monoisotopic (exact) mass is 309 g/mol. The molecule has 0 amide bonds. The fourth-order valence-corrected chi connectivity index (χ4v) is 3.53. The van der Waals surface area contributed by atoms with Crippen LogP contribution in [0.3, 0.4) is 0 Å². The summed E-state index contributed by atoms with van der Waals surface area (Å²) in [6.07, 6.45) is 24.1. The molecule has 0 aromatic rings. The number of hydrogen-bond acceptors (Lipinski definition) is 0. The van der Waals surface area contributed by atoms with Crippen molar-refractivity contribution < 1.29 is 0 Å². The summed E-state index contributed by atoms with van der Waals surface area (Å²) in [5.41, 5.74) is 0. The van der Waals surface area contributed by atoms with Gasteiger partial charge in [0.15, 0.2) is 0 Å². The minimum absolute atomic E-state index is 0.832. The Balaban J connectivity index is 3.67. The summed E-state index contributed by atoms with van der Waals surface area (Å²) in [5, 5.41) is 0. The maximum absolute atomic E-state index is 2.70. The van der Waals surface area contributed by atoms with Crippen LogP contribution in [-0.2, 0) is 0 Å². The molecule has 22 heavy (non-hydrogen) atoms. The molecule has 0 aromatic heterocycles. The highest BCUT2D eigenvalue weighted by atomic mass is 14.2. The average molecular weight is 310 g/mol. The summed E-state index contributed by atoms with van der Waals surface area (Å²) in [5.74, 6) is 1.72. The molecular formula is C22H45. The quantitative estimate of drug-likeness (QED) is 0.237. The molecule has 0 heteroatoms. The van der Waals surface area contributed by atoms with E-state index >= 15 is 0 Å². The van der Waals surface area contributed by atoms with Crippen LogP contribution in [0.25, 0.3) is 0 Å². The summed E-state index contributed by atoms with van der Waals surface area (Å²) in [4.78, 5) is 0. The lowest BCUT2D eigenvalue weighted by Crippen LogP contribution is -2.08. The first-order valence-corrected chi connectivity index (χ1v) is 10.6. The maximum Gasteiger partial charge on any atom is -0.0326 e. The van der Waals surface area contributed by atoms with Crippen LogP contribution in [0.2, 0.25) is 0 Å². The molecule has 2 unspecified atom stereocenters. The molecule has 0 heterocycles. The number of hydrogen-bond donors (Lipinski definition) is 0. The highest BCUT2D eigenvalue weighted by Crippen LogP contribution is 2.25. The lowest BCUT2D eigenvalue weighted by atomic mass is 9.85. The minimum atomic E-state index is 0.832.